The first-order valence-electron chi connectivity index (χ1n) is 8.32. The predicted molar refractivity (Wildman–Crippen MR) is 109 cm³/mol. The zero-order valence-corrected chi connectivity index (χ0v) is 15.7. The van der Waals surface area contributed by atoms with E-state index in [0.717, 1.165) is 0 Å². The van der Waals surface area contributed by atoms with E-state index in [1.807, 2.05) is 0 Å². The molecule has 0 fully saturated rings. The van der Waals surface area contributed by atoms with Crippen LogP contribution in [-0.4, -0.2) is 40.0 Å². The standard InChI is InChI=1S/C19H16ClN5O4/c20-12-5-3-6-13(8-12)23-19-16(17(21)28)18(24-25-19)22-9-11-4-1-2-7-14(11)29-10-15(26)27/h1-9H,10H2,(H2,21,28)(H,26,27)(H2,23,24,25)/b22-9+. The van der Waals surface area contributed by atoms with Gasteiger partial charge in [-0.2, -0.15) is 5.10 Å². The minimum Gasteiger partial charge on any atom is -0.481 e. The highest BCUT2D eigenvalue weighted by molar-refractivity contribution is 6.30. The molecule has 0 saturated carbocycles. The van der Waals surface area contributed by atoms with Crippen molar-refractivity contribution in [3.63, 3.8) is 0 Å². The molecule has 5 N–H and O–H groups in total. The van der Waals surface area contributed by atoms with Crippen LogP contribution >= 0.6 is 11.6 Å². The van der Waals surface area contributed by atoms with E-state index in [2.05, 4.69) is 20.5 Å². The summed E-state index contributed by atoms with van der Waals surface area (Å²) >= 11 is 5.96. The Balaban J connectivity index is 1.87. The van der Waals surface area contributed by atoms with Gasteiger partial charge in [-0.3, -0.25) is 9.89 Å². The van der Waals surface area contributed by atoms with Gasteiger partial charge in [-0.05, 0) is 30.3 Å². The second-order valence-corrected chi connectivity index (χ2v) is 6.21. The van der Waals surface area contributed by atoms with Crippen LogP contribution in [0, 0.1) is 0 Å². The Morgan fingerprint density at radius 3 is 2.79 bits per heavy atom. The number of benzene rings is 2. The Labute approximate surface area is 170 Å². The molecule has 1 aromatic heterocycles. The van der Waals surface area contributed by atoms with Crippen LogP contribution in [0.5, 0.6) is 5.75 Å². The number of carboxylic acids is 1. The van der Waals surface area contributed by atoms with Gasteiger partial charge in [0.1, 0.15) is 11.3 Å². The van der Waals surface area contributed by atoms with Crippen LogP contribution in [0.25, 0.3) is 0 Å². The lowest BCUT2D eigenvalue weighted by molar-refractivity contribution is -0.139. The van der Waals surface area contributed by atoms with E-state index >= 15 is 0 Å². The van der Waals surface area contributed by atoms with Crippen LogP contribution in [0.3, 0.4) is 0 Å². The molecule has 148 valence electrons. The maximum atomic E-state index is 11.9. The Kier molecular flexibility index (Phi) is 6.10. The number of H-pyrrole nitrogens is 1. The number of nitrogens with one attached hydrogen (secondary N) is 2. The first-order valence-corrected chi connectivity index (χ1v) is 8.70. The molecule has 1 heterocycles. The van der Waals surface area contributed by atoms with Gasteiger partial charge in [-0.1, -0.05) is 29.8 Å². The highest BCUT2D eigenvalue weighted by Crippen LogP contribution is 2.27. The fraction of sp³-hybridized carbons (Fsp3) is 0.0526. The third-order valence-electron chi connectivity index (χ3n) is 3.68. The molecule has 0 aliphatic carbocycles. The molecule has 2 aromatic carbocycles. The van der Waals surface area contributed by atoms with Crippen LogP contribution in [0.4, 0.5) is 17.3 Å². The number of nitrogens with zero attached hydrogens (tertiary/aromatic N) is 2. The molecule has 3 aromatic rings. The second-order valence-electron chi connectivity index (χ2n) is 5.77. The molecule has 10 heteroatoms. The number of aliphatic carboxylic acids is 1. The number of para-hydroxylation sites is 1. The van der Waals surface area contributed by atoms with Crippen molar-refractivity contribution in [2.45, 2.75) is 0 Å². The number of amides is 1. The number of primary amides is 1. The van der Waals surface area contributed by atoms with E-state index in [9.17, 15) is 9.59 Å². The number of hydrogen-bond donors (Lipinski definition) is 4. The van der Waals surface area contributed by atoms with Crippen molar-refractivity contribution in [3.05, 3.63) is 64.7 Å². The molecule has 1 amide bonds. The van der Waals surface area contributed by atoms with E-state index in [-0.39, 0.29) is 17.2 Å². The number of aliphatic imine (C=N–C) groups is 1. The fourth-order valence-electron chi connectivity index (χ4n) is 2.45. The molecule has 0 spiro atoms. The highest BCUT2D eigenvalue weighted by Gasteiger charge is 2.18. The molecule has 0 atom stereocenters. The van der Waals surface area contributed by atoms with Crippen LogP contribution in [0.15, 0.2) is 53.5 Å². The Morgan fingerprint density at radius 2 is 2.07 bits per heavy atom. The average Bonchev–Trinajstić information content (AvgIpc) is 3.08. The SMILES string of the molecule is NC(=O)c1c(Nc2cccc(Cl)c2)n[nH]c1/N=C/c1ccccc1OCC(=O)O. The molecule has 0 unspecified atom stereocenters. The number of aromatic amines is 1. The summed E-state index contributed by atoms with van der Waals surface area (Å²) in [5, 5.41) is 19.0. The van der Waals surface area contributed by atoms with Gasteiger partial charge in [0.05, 0.1) is 0 Å². The molecule has 3 rings (SSSR count). The third kappa shape index (κ3) is 5.11. The van der Waals surface area contributed by atoms with Crippen molar-refractivity contribution in [1.29, 1.82) is 0 Å². The monoisotopic (exact) mass is 413 g/mol. The molecule has 9 nitrogen and oxygen atoms in total. The maximum absolute atomic E-state index is 11.9. The van der Waals surface area contributed by atoms with Crippen molar-refractivity contribution < 1.29 is 19.4 Å². The number of ether oxygens (including phenoxy) is 1. The van der Waals surface area contributed by atoms with Gasteiger partial charge in [0.2, 0.25) is 0 Å². The Morgan fingerprint density at radius 1 is 1.28 bits per heavy atom. The highest BCUT2D eigenvalue weighted by atomic mass is 35.5. The quantitative estimate of drug-likeness (QED) is 0.418. The first-order chi connectivity index (χ1) is 13.9. The number of carboxylic acid groups (broad SMARTS) is 1. The number of rotatable bonds is 8. The van der Waals surface area contributed by atoms with Gasteiger partial charge < -0.3 is 20.9 Å². The van der Waals surface area contributed by atoms with Crippen molar-refractivity contribution in [2.24, 2.45) is 10.7 Å². The topological polar surface area (TPSA) is 143 Å². The average molecular weight is 414 g/mol. The number of carbonyl (C=O) groups is 2. The van der Waals surface area contributed by atoms with E-state index in [4.69, 9.17) is 27.2 Å². The minimum absolute atomic E-state index is 0.0603. The Hall–Kier alpha value is -3.85. The molecule has 0 aliphatic rings. The number of carbonyl (C=O) groups excluding carboxylic acids is 1. The minimum atomic E-state index is -1.10. The lowest BCUT2D eigenvalue weighted by atomic mass is 10.2. The van der Waals surface area contributed by atoms with E-state index in [0.29, 0.717) is 22.0 Å². The molecule has 0 saturated heterocycles. The van der Waals surface area contributed by atoms with Crippen LogP contribution in [0.1, 0.15) is 15.9 Å². The molecular weight excluding hydrogens is 398 g/mol. The molecule has 0 aliphatic heterocycles. The Bertz CT molecular complexity index is 1080. The number of hydrogen-bond acceptors (Lipinski definition) is 6. The summed E-state index contributed by atoms with van der Waals surface area (Å²) in [6.07, 6.45) is 1.42. The molecular formula is C19H16ClN5O4. The van der Waals surface area contributed by atoms with Gasteiger partial charge in [0, 0.05) is 22.5 Å². The number of halogens is 1. The van der Waals surface area contributed by atoms with E-state index in [1.165, 1.54) is 6.21 Å². The van der Waals surface area contributed by atoms with Gasteiger partial charge in [0.25, 0.3) is 5.91 Å². The maximum Gasteiger partial charge on any atom is 0.341 e. The summed E-state index contributed by atoms with van der Waals surface area (Å²) in [6, 6.07) is 13.6. The molecule has 0 radical (unpaired) electrons. The zero-order valence-electron chi connectivity index (χ0n) is 14.9. The lowest BCUT2D eigenvalue weighted by Crippen LogP contribution is -2.12. The van der Waals surface area contributed by atoms with Gasteiger partial charge in [-0.25, -0.2) is 9.79 Å². The van der Waals surface area contributed by atoms with Crippen LogP contribution in [0.2, 0.25) is 5.02 Å². The summed E-state index contributed by atoms with van der Waals surface area (Å²) in [5.74, 6) is -1.17. The number of nitrogens with two attached hydrogens (primary N) is 1. The number of aromatic nitrogens is 2. The van der Waals surface area contributed by atoms with Gasteiger partial charge >= 0.3 is 5.97 Å². The summed E-state index contributed by atoms with van der Waals surface area (Å²) in [5.41, 5.74) is 6.69. The number of anilines is 2. The van der Waals surface area contributed by atoms with Crippen molar-refractivity contribution in [1.82, 2.24) is 10.2 Å². The normalized spacial score (nSPS) is 10.8. The second kappa shape index (κ2) is 8.89. The van der Waals surface area contributed by atoms with Crippen molar-refractivity contribution in [2.75, 3.05) is 11.9 Å². The predicted octanol–water partition coefficient (Wildman–Crippen LogP) is 3.12. The van der Waals surface area contributed by atoms with Crippen molar-refractivity contribution in [3.8, 4) is 5.75 Å². The largest absolute Gasteiger partial charge is 0.481 e. The van der Waals surface area contributed by atoms with Crippen LogP contribution in [-0.2, 0) is 4.79 Å². The summed E-state index contributed by atoms with van der Waals surface area (Å²) < 4.78 is 5.23. The molecule has 0 bridgehead atoms. The summed E-state index contributed by atoms with van der Waals surface area (Å²) in [4.78, 5) is 26.9. The summed E-state index contributed by atoms with van der Waals surface area (Å²) in [7, 11) is 0. The third-order valence-corrected chi connectivity index (χ3v) is 3.92. The zero-order chi connectivity index (χ0) is 20.8. The first kappa shape index (κ1) is 19.9. The van der Waals surface area contributed by atoms with Crippen molar-refractivity contribution >= 4 is 47.0 Å². The van der Waals surface area contributed by atoms with Gasteiger partial charge in [-0.15, -0.1) is 0 Å². The van der Waals surface area contributed by atoms with E-state index < -0.39 is 18.5 Å². The van der Waals surface area contributed by atoms with Gasteiger partial charge in [0.15, 0.2) is 18.2 Å². The lowest BCUT2D eigenvalue weighted by Gasteiger charge is -2.06. The summed E-state index contributed by atoms with van der Waals surface area (Å²) in [6.45, 7) is -0.491. The molecule has 29 heavy (non-hydrogen) atoms. The smallest absolute Gasteiger partial charge is 0.341 e. The fourth-order valence-corrected chi connectivity index (χ4v) is 2.64. The van der Waals surface area contributed by atoms with E-state index in [1.54, 1.807) is 48.5 Å². The van der Waals surface area contributed by atoms with Crippen LogP contribution < -0.4 is 15.8 Å².